The van der Waals surface area contributed by atoms with Crippen LogP contribution in [0.25, 0.3) is 0 Å². The molecular formula is C26H34N2O. The predicted octanol–water partition coefficient (Wildman–Crippen LogP) is 5.71. The Hall–Kier alpha value is -1.84. The number of fused-ring (bicyclic) bond motifs is 1. The Morgan fingerprint density at radius 1 is 0.759 bits per heavy atom. The number of hydrogen-bond donors (Lipinski definition) is 0. The molecule has 0 aromatic heterocycles. The maximum absolute atomic E-state index is 6.09. The van der Waals surface area contributed by atoms with Crippen LogP contribution >= 0.6 is 0 Å². The van der Waals surface area contributed by atoms with Crippen molar-refractivity contribution in [2.75, 3.05) is 19.6 Å². The van der Waals surface area contributed by atoms with Crippen molar-refractivity contribution in [1.29, 1.82) is 0 Å². The van der Waals surface area contributed by atoms with E-state index in [1.165, 1.54) is 70.1 Å². The summed E-state index contributed by atoms with van der Waals surface area (Å²) in [6.45, 7) is 4.83. The zero-order valence-corrected chi connectivity index (χ0v) is 17.5. The predicted molar refractivity (Wildman–Crippen MR) is 118 cm³/mol. The third-order valence-corrected chi connectivity index (χ3v) is 7.30. The van der Waals surface area contributed by atoms with Crippen molar-refractivity contribution < 1.29 is 4.74 Å². The summed E-state index contributed by atoms with van der Waals surface area (Å²) < 4.78 is 6.09. The second kappa shape index (κ2) is 8.89. The fourth-order valence-electron chi connectivity index (χ4n) is 6.00. The average Bonchev–Trinajstić information content (AvgIpc) is 3.24. The second-order valence-electron chi connectivity index (χ2n) is 9.17. The molecule has 3 heteroatoms. The van der Waals surface area contributed by atoms with E-state index in [4.69, 9.17) is 4.74 Å². The molecule has 3 nitrogen and oxygen atoms in total. The molecule has 2 heterocycles. The SMILES string of the molecule is c1ccc(Oc2cccc(CN3CCN4CCC[C@H]4[C@H]3C3CCCCC3)c2)cc1. The minimum Gasteiger partial charge on any atom is -0.457 e. The zero-order valence-electron chi connectivity index (χ0n) is 17.5. The molecule has 0 radical (unpaired) electrons. The summed E-state index contributed by atoms with van der Waals surface area (Å²) in [6.07, 6.45) is 9.96. The van der Waals surface area contributed by atoms with Gasteiger partial charge in [0, 0.05) is 31.7 Å². The molecule has 3 fully saturated rings. The van der Waals surface area contributed by atoms with Gasteiger partial charge in [-0.05, 0) is 68.0 Å². The van der Waals surface area contributed by atoms with E-state index in [1.807, 2.05) is 30.3 Å². The van der Waals surface area contributed by atoms with Gasteiger partial charge in [-0.2, -0.15) is 0 Å². The van der Waals surface area contributed by atoms with Gasteiger partial charge < -0.3 is 4.74 Å². The van der Waals surface area contributed by atoms with Gasteiger partial charge in [0.05, 0.1) is 0 Å². The third-order valence-electron chi connectivity index (χ3n) is 7.30. The van der Waals surface area contributed by atoms with Crippen LogP contribution in [-0.2, 0) is 6.54 Å². The Balaban J connectivity index is 1.33. The molecule has 3 aliphatic rings. The van der Waals surface area contributed by atoms with Crippen LogP contribution in [0.3, 0.4) is 0 Å². The van der Waals surface area contributed by atoms with Crippen molar-refractivity contribution in [3.63, 3.8) is 0 Å². The number of benzene rings is 2. The van der Waals surface area contributed by atoms with Crippen LogP contribution in [0.2, 0.25) is 0 Å². The topological polar surface area (TPSA) is 15.7 Å². The fraction of sp³-hybridized carbons (Fsp3) is 0.538. The number of ether oxygens (including phenoxy) is 1. The molecule has 0 N–H and O–H groups in total. The summed E-state index contributed by atoms with van der Waals surface area (Å²) in [5.41, 5.74) is 1.38. The van der Waals surface area contributed by atoms with Crippen molar-refractivity contribution in [3.8, 4) is 11.5 Å². The fourth-order valence-corrected chi connectivity index (χ4v) is 6.00. The molecule has 1 aliphatic carbocycles. The van der Waals surface area contributed by atoms with Gasteiger partial charge in [0.15, 0.2) is 0 Å². The summed E-state index contributed by atoms with van der Waals surface area (Å²) in [5.74, 6) is 2.74. The summed E-state index contributed by atoms with van der Waals surface area (Å²) in [6, 6.07) is 20.4. The smallest absolute Gasteiger partial charge is 0.127 e. The van der Waals surface area contributed by atoms with Crippen molar-refractivity contribution in [2.45, 2.75) is 63.6 Å². The van der Waals surface area contributed by atoms with Crippen molar-refractivity contribution >= 4 is 0 Å². The van der Waals surface area contributed by atoms with Gasteiger partial charge in [0.2, 0.25) is 0 Å². The number of rotatable bonds is 5. The molecular weight excluding hydrogens is 356 g/mol. The van der Waals surface area contributed by atoms with Crippen molar-refractivity contribution in [3.05, 3.63) is 60.2 Å². The molecule has 2 aromatic carbocycles. The molecule has 2 atom stereocenters. The lowest BCUT2D eigenvalue weighted by molar-refractivity contribution is -0.00381. The van der Waals surface area contributed by atoms with Gasteiger partial charge in [-0.3, -0.25) is 9.80 Å². The van der Waals surface area contributed by atoms with Gasteiger partial charge >= 0.3 is 0 Å². The van der Waals surface area contributed by atoms with E-state index < -0.39 is 0 Å². The lowest BCUT2D eigenvalue weighted by Crippen LogP contribution is -2.59. The highest BCUT2D eigenvalue weighted by molar-refractivity contribution is 5.34. The highest BCUT2D eigenvalue weighted by atomic mass is 16.5. The van der Waals surface area contributed by atoms with E-state index in [0.29, 0.717) is 0 Å². The quantitative estimate of drug-likeness (QED) is 0.650. The van der Waals surface area contributed by atoms with Crippen molar-refractivity contribution in [2.24, 2.45) is 5.92 Å². The first-order valence-electron chi connectivity index (χ1n) is 11.7. The van der Waals surface area contributed by atoms with Gasteiger partial charge in [0.25, 0.3) is 0 Å². The summed E-state index contributed by atoms with van der Waals surface area (Å²) in [5, 5.41) is 0. The Morgan fingerprint density at radius 2 is 1.59 bits per heavy atom. The van der Waals surface area contributed by atoms with Gasteiger partial charge in [0.1, 0.15) is 11.5 Å². The molecule has 0 amide bonds. The third kappa shape index (κ3) is 4.36. The molecule has 5 rings (SSSR count). The van der Waals surface area contributed by atoms with E-state index in [1.54, 1.807) is 0 Å². The lowest BCUT2D eigenvalue weighted by atomic mass is 9.78. The van der Waals surface area contributed by atoms with Crippen LogP contribution in [0.5, 0.6) is 11.5 Å². The van der Waals surface area contributed by atoms with E-state index in [2.05, 4.69) is 34.1 Å². The molecule has 1 saturated carbocycles. The Kier molecular flexibility index (Phi) is 5.87. The number of piperazine rings is 1. The number of hydrogen-bond acceptors (Lipinski definition) is 3. The molecule has 0 spiro atoms. The average molecular weight is 391 g/mol. The van der Waals surface area contributed by atoms with Gasteiger partial charge in [-0.25, -0.2) is 0 Å². The number of para-hydroxylation sites is 1. The lowest BCUT2D eigenvalue weighted by Gasteiger charge is -2.49. The minimum atomic E-state index is 0.741. The first kappa shape index (κ1) is 19.1. The highest BCUT2D eigenvalue weighted by Gasteiger charge is 2.42. The molecule has 29 heavy (non-hydrogen) atoms. The highest BCUT2D eigenvalue weighted by Crippen LogP contribution is 2.38. The summed E-state index contributed by atoms with van der Waals surface area (Å²) in [7, 11) is 0. The monoisotopic (exact) mass is 390 g/mol. The van der Waals surface area contributed by atoms with E-state index in [-0.39, 0.29) is 0 Å². The molecule has 2 saturated heterocycles. The van der Waals surface area contributed by atoms with Crippen LogP contribution in [0.1, 0.15) is 50.5 Å². The molecule has 2 aromatic rings. The van der Waals surface area contributed by atoms with Crippen molar-refractivity contribution in [1.82, 2.24) is 9.80 Å². The standard InChI is InChI=1S/C26H34N2O/c1-3-10-22(11-4-1)26-25-15-8-16-27(25)17-18-28(26)20-21-9-7-14-24(19-21)29-23-12-5-2-6-13-23/h2,5-7,9,12-14,19,22,25-26H,1,3-4,8,10-11,15-18,20H2/t25-,26+/m0/s1. The van der Waals surface area contributed by atoms with Crippen LogP contribution in [0.4, 0.5) is 0 Å². The first-order valence-corrected chi connectivity index (χ1v) is 11.7. The largest absolute Gasteiger partial charge is 0.457 e. The molecule has 2 aliphatic heterocycles. The maximum Gasteiger partial charge on any atom is 0.127 e. The van der Waals surface area contributed by atoms with Crippen LogP contribution < -0.4 is 4.74 Å². The van der Waals surface area contributed by atoms with Gasteiger partial charge in [-0.15, -0.1) is 0 Å². The van der Waals surface area contributed by atoms with E-state index in [9.17, 15) is 0 Å². The molecule has 0 bridgehead atoms. The Morgan fingerprint density at radius 3 is 2.45 bits per heavy atom. The van der Waals surface area contributed by atoms with Crippen LogP contribution in [0, 0.1) is 5.92 Å². The van der Waals surface area contributed by atoms with E-state index in [0.717, 1.165) is 36.0 Å². The maximum atomic E-state index is 6.09. The van der Waals surface area contributed by atoms with E-state index >= 15 is 0 Å². The Bertz CT molecular complexity index is 786. The summed E-state index contributed by atoms with van der Waals surface area (Å²) in [4.78, 5) is 5.62. The van der Waals surface area contributed by atoms with Crippen LogP contribution in [-0.4, -0.2) is 41.5 Å². The molecule has 0 unspecified atom stereocenters. The number of nitrogens with zero attached hydrogens (tertiary/aromatic N) is 2. The Labute approximate surface area is 175 Å². The van der Waals surface area contributed by atoms with Crippen LogP contribution in [0.15, 0.2) is 54.6 Å². The second-order valence-corrected chi connectivity index (χ2v) is 9.17. The summed E-state index contributed by atoms with van der Waals surface area (Å²) >= 11 is 0. The van der Waals surface area contributed by atoms with Gasteiger partial charge in [-0.1, -0.05) is 49.6 Å². The normalized spacial score (nSPS) is 26.3. The molecule has 154 valence electrons. The zero-order chi connectivity index (χ0) is 19.5. The first-order chi connectivity index (χ1) is 14.4. The minimum absolute atomic E-state index is 0.741.